The topological polar surface area (TPSA) is 90.9 Å². The molecule has 1 unspecified atom stereocenters. The Balaban J connectivity index is 1.99. The van der Waals surface area contributed by atoms with E-state index in [-0.39, 0.29) is 17.7 Å². The first-order valence-electron chi connectivity index (χ1n) is 7.52. The molecule has 0 spiro atoms. The summed E-state index contributed by atoms with van der Waals surface area (Å²) in [5, 5.41) is 15.2. The Hall–Kier alpha value is -2.70. The van der Waals surface area contributed by atoms with Crippen LogP contribution >= 0.6 is 0 Å². The molecule has 7 nitrogen and oxygen atoms in total. The molecule has 1 aromatic rings. The molecule has 0 saturated carbocycles. The highest BCUT2D eigenvalue weighted by atomic mass is 16.5. The third-order valence-electron chi connectivity index (χ3n) is 4.05. The minimum atomic E-state index is -0.553. The molecule has 3 rings (SSSR count). The highest BCUT2D eigenvalue weighted by Crippen LogP contribution is 2.36. The van der Waals surface area contributed by atoms with Crippen molar-refractivity contribution in [2.45, 2.75) is 19.4 Å². The number of aromatic hydroxyl groups is 1. The Morgan fingerprint density at radius 3 is 2.87 bits per heavy atom. The lowest BCUT2D eigenvalue weighted by Crippen LogP contribution is -2.44. The van der Waals surface area contributed by atoms with Crippen LogP contribution in [0.2, 0.25) is 0 Å². The van der Waals surface area contributed by atoms with Gasteiger partial charge in [-0.1, -0.05) is 13.0 Å². The summed E-state index contributed by atoms with van der Waals surface area (Å²) in [7, 11) is 1.45. The Bertz CT molecular complexity index is 699. The molecule has 3 N–H and O–H groups in total. The molecule has 2 aliphatic rings. The number of carbonyl (C=O) groups is 2. The second-order valence-corrected chi connectivity index (χ2v) is 5.58. The van der Waals surface area contributed by atoms with Gasteiger partial charge in [-0.2, -0.15) is 0 Å². The maximum Gasteiger partial charge on any atom is 0.319 e. The van der Waals surface area contributed by atoms with Crippen LogP contribution in [0.25, 0.3) is 0 Å². The number of nitrogens with one attached hydrogen (secondary N) is 2. The molecule has 3 amide bonds. The maximum atomic E-state index is 12.6. The van der Waals surface area contributed by atoms with Crippen molar-refractivity contribution >= 4 is 11.9 Å². The van der Waals surface area contributed by atoms with Crippen molar-refractivity contribution < 1.29 is 19.4 Å². The van der Waals surface area contributed by atoms with Gasteiger partial charge in [-0.25, -0.2) is 4.79 Å². The fourth-order valence-electron chi connectivity index (χ4n) is 3.00. The van der Waals surface area contributed by atoms with Crippen LogP contribution in [0, 0.1) is 0 Å². The molecule has 1 atom stereocenters. The molecule has 2 aliphatic heterocycles. The zero-order valence-electron chi connectivity index (χ0n) is 13.0. The lowest BCUT2D eigenvalue weighted by molar-refractivity contribution is -0.125. The molecule has 0 radical (unpaired) electrons. The van der Waals surface area contributed by atoms with Crippen LogP contribution in [-0.4, -0.2) is 42.1 Å². The number of ether oxygens (including phenoxy) is 1. The summed E-state index contributed by atoms with van der Waals surface area (Å²) < 4.78 is 5.11. The van der Waals surface area contributed by atoms with Gasteiger partial charge in [-0.05, 0) is 24.1 Å². The van der Waals surface area contributed by atoms with Gasteiger partial charge in [0.1, 0.15) is 0 Å². The van der Waals surface area contributed by atoms with E-state index < -0.39 is 6.04 Å². The van der Waals surface area contributed by atoms with E-state index >= 15 is 0 Å². The number of methoxy groups -OCH3 is 1. The predicted molar refractivity (Wildman–Crippen MR) is 83.0 cm³/mol. The van der Waals surface area contributed by atoms with Crippen molar-refractivity contribution in [2.75, 3.05) is 20.2 Å². The first kappa shape index (κ1) is 15.2. The summed E-state index contributed by atoms with van der Waals surface area (Å²) in [5.41, 5.74) is 1.88. The van der Waals surface area contributed by atoms with Crippen molar-refractivity contribution in [1.82, 2.24) is 15.5 Å². The normalized spacial score (nSPS) is 20.3. The summed E-state index contributed by atoms with van der Waals surface area (Å²) in [6.45, 7) is 3.07. The quantitative estimate of drug-likeness (QED) is 0.780. The van der Waals surface area contributed by atoms with Crippen molar-refractivity contribution in [3.63, 3.8) is 0 Å². The number of hydrogen-bond donors (Lipinski definition) is 3. The van der Waals surface area contributed by atoms with E-state index in [2.05, 4.69) is 10.6 Å². The van der Waals surface area contributed by atoms with Gasteiger partial charge in [0.2, 0.25) is 0 Å². The highest BCUT2D eigenvalue weighted by Gasteiger charge is 2.40. The molecule has 2 heterocycles. The summed E-state index contributed by atoms with van der Waals surface area (Å²) >= 11 is 0. The van der Waals surface area contributed by atoms with Crippen LogP contribution in [0.15, 0.2) is 29.5 Å². The number of amides is 3. The van der Waals surface area contributed by atoms with Crippen LogP contribution in [-0.2, 0) is 4.79 Å². The van der Waals surface area contributed by atoms with E-state index in [1.165, 1.54) is 13.2 Å². The van der Waals surface area contributed by atoms with Crippen LogP contribution in [0.5, 0.6) is 11.5 Å². The first-order chi connectivity index (χ1) is 11.0. The lowest BCUT2D eigenvalue weighted by Gasteiger charge is -2.26. The summed E-state index contributed by atoms with van der Waals surface area (Å²) in [4.78, 5) is 26.3. The lowest BCUT2D eigenvalue weighted by atomic mass is 9.96. The molecule has 23 heavy (non-hydrogen) atoms. The molecule has 122 valence electrons. The number of phenols is 1. The van der Waals surface area contributed by atoms with E-state index in [1.54, 1.807) is 17.0 Å². The summed E-state index contributed by atoms with van der Waals surface area (Å²) in [6.07, 6.45) is 0.853. The number of urea groups is 1. The molecule has 7 heteroatoms. The van der Waals surface area contributed by atoms with Gasteiger partial charge in [-0.3, -0.25) is 4.79 Å². The van der Waals surface area contributed by atoms with Gasteiger partial charge in [0.25, 0.3) is 5.91 Å². The highest BCUT2D eigenvalue weighted by molar-refractivity contribution is 6.01. The maximum absolute atomic E-state index is 12.6. The summed E-state index contributed by atoms with van der Waals surface area (Å²) in [6, 6.07) is 3.90. The minimum absolute atomic E-state index is 0.0103. The second kappa shape index (κ2) is 5.83. The van der Waals surface area contributed by atoms with Gasteiger partial charge < -0.3 is 25.4 Å². The predicted octanol–water partition coefficient (Wildman–Crippen LogP) is 1.26. The average molecular weight is 317 g/mol. The summed E-state index contributed by atoms with van der Waals surface area (Å²) in [5.74, 6) is 0.232. The van der Waals surface area contributed by atoms with Gasteiger partial charge in [0.15, 0.2) is 11.5 Å². The molecule has 0 saturated heterocycles. The molecular weight excluding hydrogens is 298 g/mol. The SMILES string of the molecule is CCCN1CC2=C(C1=O)C(c1ccc(O)c(OC)c1)NC(=O)N2. The van der Waals surface area contributed by atoms with Crippen molar-refractivity contribution in [2.24, 2.45) is 0 Å². The molecule has 0 bridgehead atoms. The molecule has 1 aromatic carbocycles. The standard InChI is InChI=1S/C16H19N3O4/c1-3-6-19-8-10-13(15(19)21)14(18-16(22)17-10)9-4-5-11(20)12(7-9)23-2/h4-5,7,14,20H,3,6,8H2,1-2H3,(H2,17,18,22). The molecule has 0 fully saturated rings. The Morgan fingerprint density at radius 1 is 1.39 bits per heavy atom. The van der Waals surface area contributed by atoms with Crippen LogP contribution in [0.4, 0.5) is 4.79 Å². The third kappa shape index (κ3) is 2.58. The Kier molecular flexibility index (Phi) is 3.85. The van der Waals surface area contributed by atoms with E-state index in [4.69, 9.17) is 4.74 Å². The Morgan fingerprint density at radius 2 is 2.17 bits per heavy atom. The number of nitrogens with zero attached hydrogens (tertiary/aromatic N) is 1. The number of hydrogen-bond acceptors (Lipinski definition) is 4. The van der Waals surface area contributed by atoms with E-state index in [9.17, 15) is 14.7 Å². The number of rotatable bonds is 4. The van der Waals surface area contributed by atoms with Gasteiger partial charge >= 0.3 is 6.03 Å². The zero-order valence-corrected chi connectivity index (χ0v) is 13.0. The number of carbonyl (C=O) groups excluding carboxylic acids is 2. The fourth-order valence-corrected chi connectivity index (χ4v) is 3.00. The van der Waals surface area contributed by atoms with Crippen LogP contribution in [0.1, 0.15) is 24.9 Å². The number of phenolic OH excluding ortho intramolecular Hbond substituents is 1. The third-order valence-corrected chi connectivity index (χ3v) is 4.05. The molecular formula is C16H19N3O4. The van der Waals surface area contributed by atoms with Crippen molar-refractivity contribution in [3.8, 4) is 11.5 Å². The van der Waals surface area contributed by atoms with E-state index in [0.717, 1.165) is 6.42 Å². The molecule has 0 aliphatic carbocycles. The van der Waals surface area contributed by atoms with Crippen LogP contribution < -0.4 is 15.4 Å². The van der Waals surface area contributed by atoms with Gasteiger partial charge in [0, 0.05) is 6.54 Å². The van der Waals surface area contributed by atoms with Crippen molar-refractivity contribution in [3.05, 3.63) is 35.0 Å². The van der Waals surface area contributed by atoms with Crippen molar-refractivity contribution in [1.29, 1.82) is 0 Å². The second-order valence-electron chi connectivity index (χ2n) is 5.58. The zero-order chi connectivity index (χ0) is 16.6. The monoisotopic (exact) mass is 317 g/mol. The largest absolute Gasteiger partial charge is 0.504 e. The van der Waals surface area contributed by atoms with Crippen LogP contribution in [0.3, 0.4) is 0 Å². The molecule has 0 aromatic heterocycles. The van der Waals surface area contributed by atoms with E-state index in [0.29, 0.717) is 35.7 Å². The minimum Gasteiger partial charge on any atom is -0.504 e. The van der Waals surface area contributed by atoms with Gasteiger partial charge in [-0.15, -0.1) is 0 Å². The first-order valence-corrected chi connectivity index (χ1v) is 7.52. The number of benzene rings is 1. The average Bonchev–Trinajstić information content (AvgIpc) is 2.83. The fraction of sp³-hybridized carbons (Fsp3) is 0.375. The van der Waals surface area contributed by atoms with E-state index in [1.807, 2.05) is 6.92 Å². The smallest absolute Gasteiger partial charge is 0.319 e. The Labute approximate surface area is 133 Å². The van der Waals surface area contributed by atoms with Gasteiger partial charge in [0.05, 0.1) is 31.0 Å².